The molecule has 2 N–H and O–H groups in total. The van der Waals surface area contributed by atoms with Gasteiger partial charge >= 0.3 is 0 Å². The van der Waals surface area contributed by atoms with Crippen molar-refractivity contribution in [2.45, 2.75) is 18.4 Å². The molecule has 0 unspecified atom stereocenters. The van der Waals surface area contributed by atoms with E-state index in [-0.39, 0.29) is 12.0 Å². The summed E-state index contributed by atoms with van der Waals surface area (Å²) in [5.74, 6) is 0.240. The Bertz CT molecular complexity index is 563. The van der Waals surface area contributed by atoms with E-state index in [0.717, 1.165) is 24.8 Å². The molecule has 0 saturated carbocycles. The molecule has 1 aliphatic rings. The van der Waals surface area contributed by atoms with E-state index in [1.165, 1.54) is 0 Å². The third-order valence-corrected chi connectivity index (χ3v) is 4.71. The molecule has 1 aromatic carbocycles. The van der Waals surface area contributed by atoms with E-state index in [9.17, 15) is 8.42 Å². The van der Waals surface area contributed by atoms with Gasteiger partial charge in [-0.05, 0) is 30.7 Å². The zero-order valence-electron chi connectivity index (χ0n) is 10.5. The molecule has 106 valence electrons. The van der Waals surface area contributed by atoms with Crippen LogP contribution >= 0.6 is 23.2 Å². The van der Waals surface area contributed by atoms with Gasteiger partial charge in [-0.3, -0.25) is 0 Å². The number of hydrogen-bond donors (Lipinski definition) is 2. The second-order valence-electron chi connectivity index (χ2n) is 4.75. The summed E-state index contributed by atoms with van der Waals surface area (Å²) in [6, 6.07) is 5.65. The normalized spacial score (nSPS) is 23.7. The van der Waals surface area contributed by atoms with Gasteiger partial charge in [0, 0.05) is 18.5 Å². The summed E-state index contributed by atoms with van der Waals surface area (Å²) >= 11 is 11.9. The Morgan fingerprint density at radius 1 is 1.37 bits per heavy atom. The van der Waals surface area contributed by atoms with E-state index in [2.05, 4.69) is 10.0 Å². The van der Waals surface area contributed by atoms with Crippen LogP contribution in [0.4, 0.5) is 0 Å². The van der Waals surface area contributed by atoms with Gasteiger partial charge in [-0.2, -0.15) is 0 Å². The Balaban J connectivity index is 2.11. The van der Waals surface area contributed by atoms with Gasteiger partial charge in [-0.15, -0.1) is 0 Å². The van der Waals surface area contributed by atoms with Gasteiger partial charge < -0.3 is 5.32 Å². The topological polar surface area (TPSA) is 58.2 Å². The van der Waals surface area contributed by atoms with E-state index in [0.29, 0.717) is 16.6 Å². The summed E-state index contributed by atoms with van der Waals surface area (Å²) in [6.07, 6.45) is 2.12. The summed E-state index contributed by atoms with van der Waals surface area (Å²) < 4.78 is 24.8. The van der Waals surface area contributed by atoms with E-state index >= 15 is 0 Å². The third-order valence-electron chi connectivity index (χ3n) is 3.28. The van der Waals surface area contributed by atoms with Gasteiger partial charge in [0.1, 0.15) is 0 Å². The minimum Gasteiger partial charge on any atom is -0.312 e. The van der Waals surface area contributed by atoms with Crippen LogP contribution in [0.1, 0.15) is 17.9 Å². The van der Waals surface area contributed by atoms with Crippen LogP contribution in [-0.2, 0) is 10.0 Å². The monoisotopic (exact) mass is 322 g/mol. The molecule has 1 saturated heterocycles. The minimum atomic E-state index is -3.17. The highest BCUT2D eigenvalue weighted by molar-refractivity contribution is 7.88. The van der Waals surface area contributed by atoms with Crippen molar-refractivity contribution < 1.29 is 8.42 Å². The lowest BCUT2D eigenvalue weighted by Gasteiger charge is -2.20. The highest BCUT2D eigenvalue weighted by Gasteiger charge is 2.28. The number of halogens is 2. The Morgan fingerprint density at radius 3 is 2.74 bits per heavy atom. The Morgan fingerprint density at radius 2 is 2.11 bits per heavy atom. The lowest BCUT2D eigenvalue weighted by atomic mass is 9.92. The maximum atomic E-state index is 11.2. The zero-order chi connectivity index (χ0) is 14.0. The SMILES string of the molecule is CS(=O)(=O)NC[C@H]1NCC[C@@H]1c1ccc(Cl)c(Cl)c1. The van der Waals surface area contributed by atoms with Crippen LogP contribution in [-0.4, -0.2) is 33.8 Å². The van der Waals surface area contributed by atoms with Crippen LogP contribution in [0.5, 0.6) is 0 Å². The van der Waals surface area contributed by atoms with Crippen LogP contribution in [0.15, 0.2) is 18.2 Å². The molecule has 1 fully saturated rings. The lowest BCUT2D eigenvalue weighted by molar-refractivity contribution is 0.524. The molecular weight excluding hydrogens is 307 g/mol. The minimum absolute atomic E-state index is 0.0759. The summed E-state index contributed by atoms with van der Waals surface area (Å²) in [7, 11) is -3.17. The maximum absolute atomic E-state index is 11.2. The van der Waals surface area contributed by atoms with Gasteiger partial charge in [-0.25, -0.2) is 13.1 Å². The molecule has 0 spiro atoms. The average Bonchev–Trinajstić information content (AvgIpc) is 2.77. The second kappa shape index (κ2) is 5.97. The number of nitrogens with one attached hydrogen (secondary N) is 2. The summed E-state index contributed by atoms with van der Waals surface area (Å²) in [5, 5.41) is 4.37. The predicted octanol–water partition coefficient (Wildman–Crippen LogP) is 1.99. The third kappa shape index (κ3) is 4.07. The number of benzene rings is 1. The highest BCUT2D eigenvalue weighted by Crippen LogP contribution is 2.32. The van der Waals surface area contributed by atoms with Gasteiger partial charge in [-0.1, -0.05) is 29.3 Å². The van der Waals surface area contributed by atoms with Crippen molar-refractivity contribution in [2.24, 2.45) is 0 Å². The molecule has 0 aliphatic carbocycles. The first-order chi connectivity index (χ1) is 8.87. The first-order valence-electron chi connectivity index (χ1n) is 6.00. The predicted molar refractivity (Wildman–Crippen MR) is 78.5 cm³/mol. The molecule has 1 aromatic rings. The Labute approximate surface area is 123 Å². The molecular formula is C12H16Cl2N2O2S. The van der Waals surface area contributed by atoms with Crippen LogP contribution in [0.3, 0.4) is 0 Å². The first kappa shape index (κ1) is 15.1. The molecule has 0 amide bonds. The first-order valence-corrected chi connectivity index (χ1v) is 8.64. The van der Waals surface area contributed by atoms with Crippen LogP contribution in [0.25, 0.3) is 0 Å². The van der Waals surface area contributed by atoms with Crippen molar-refractivity contribution >= 4 is 33.2 Å². The molecule has 1 heterocycles. The fourth-order valence-corrected chi connectivity index (χ4v) is 3.15. The Kier molecular flexibility index (Phi) is 4.74. The van der Waals surface area contributed by atoms with Crippen molar-refractivity contribution in [1.29, 1.82) is 0 Å². The maximum Gasteiger partial charge on any atom is 0.208 e. The van der Waals surface area contributed by atoms with E-state index in [4.69, 9.17) is 23.2 Å². The quantitative estimate of drug-likeness (QED) is 0.891. The van der Waals surface area contributed by atoms with Gasteiger partial charge in [0.2, 0.25) is 10.0 Å². The number of rotatable bonds is 4. The molecule has 7 heteroatoms. The molecule has 1 aliphatic heterocycles. The largest absolute Gasteiger partial charge is 0.312 e. The van der Waals surface area contributed by atoms with E-state index in [1.807, 2.05) is 12.1 Å². The number of hydrogen-bond acceptors (Lipinski definition) is 3. The highest BCUT2D eigenvalue weighted by atomic mass is 35.5. The van der Waals surface area contributed by atoms with Crippen molar-refractivity contribution in [2.75, 3.05) is 19.3 Å². The fourth-order valence-electron chi connectivity index (χ4n) is 2.37. The lowest BCUT2D eigenvalue weighted by Crippen LogP contribution is -2.39. The summed E-state index contributed by atoms with van der Waals surface area (Å²) in [6.45, 7) is 1.24. The average molecular weight is 323 g/mol. The van der Waals surface area contributed by atoms with Gasteiger partial charge in [0.25, 0.3) is 0 Å². The molecule has 0 radical (unpaired) electrons. The van der Waals surface area contributed by atoms with Gasteiger partial charge in [0.15, 0.2) is 0 Å². The number of sulfonamides is 1. The Hall–Kier alpha value is -0.330. The molecule has 19 heavy (non-hydrogen) atoms. The van der Waals surface area contributed by atoms with Crippen molar-refractivity contribution in [3.05, 3.63) is 33.8 Å². The zero-order valence-corrected chi connectivity index (χ0v) is 12.8. The smallest absolute Gasteiger partial charge is 0.208 e. The van der Waals surface area contributed by atoms with E-state index in [1.54, 1.807) is 6.07 Å². The van der Waals surface area contributed by atoms with Crippen molar-refractivity contribution in [3.63, 3.8) is 0 Å². The molecule has 2 rings (SSSR count). The summed E-state index contributed by atoms with van der Waals surface area (Å²) in [5.41, 5.74) is 1.08. The summed E-state index contributed by atoms with van der Waals surface area (Å²) in [4.78, 5) is 0. The fraction of sp³-hybridized carbons (Fsp3) is 0.500. The van der Waals surface area contributed by atoms with E-state index < -0.39 is 10.0 Å². The second-order valence-corrected chi connectivity index (χ2v) is 7.40. The van der Waals surface area contributed by atoms with Crippen LogP contribution < -0.4 is 10.0 Å². The molecule has 4 nitrogen and oxygen atoms in total. The molecule has 2 atom stereocenters. The standard InChI is InChI=1S/C12H16Cl2N2O2S/c1-19(17,18)16-7-12-9(4-5-15-12)8-2-3-10(13)11(14)6-8/h2-3,6,9,12,15-16H,4-5,7H2,1H3/t9-,12-/m1/s1. The van der Waals surface area contributed by atoms with Crippen LogP contribution in [0, 0.1) is 0 Å². The van der Waals surface area contributed by atoms with Crippen molar-refractivity contribution in [3.8, 4) is 0 Å². The van der Waals surface area contributed by atoms with Gasteiger partial charge in [0.05, 0.1) is 16.3 Å². The van der Waals surface area contributed by atoms with Crippen molar-refractivity contribution in [1.82, 2.24) is 10.0 Å². The van der Waals surface area contributed by atoms with Crippen LogP contribution in [0.2, 0.25) is 10.0 Å². The molecule has 0 bridgehead atoms. The molecule has 0 aromatic heterocycles.